The highest BCUT2D eigenvalue weighted by atomic mass is 16.5. The van der Waals surface area contributed by atoms with Crippen molar-refractivity contribution in [3.8, 4) is 0 Å². The number of nitrogens with two attached hydrogens (primary N) is 1. The quantitative estimate of drug-likeness (QED) is 0.740. The number of ether oxygens (including phenoxy) is 2. The van der Waals surface area contributed by atoms with Crippen LogP contribution in [0.3, 0.4) is 0 Å². The molecule has 96 valence electrons. The molecule has 1 aromatic carbocycles. The van der Waals surface area contributed by atoms with Crippen LogP contribution in [0.4, 0.5) is 0 Å². The number of hydrogen-bond donors (Lipinski definition) is 1. The van der Waals surface area contributed by atoms with Crippen molar-refractivity contribution in [2.75, 3.05) is 26.9 Å². The van der Waals surface area contributed by atoms with Crippen LogP contribution in [0.25, 0.3) is 0 Å². The number of benzene rings is 1. The third kappa shape index (κ3) is 4.46. The number of aryl methyl sites for hydroxylation is 1. The number of hydrogen-bond acceptors (Lipinski definition) is 3. The second-order valence-electron chi connectivity index (χ2n) is 4.29. The summed E-state index contributed by atoms with van der Waals surface area (Å²) in [7, 11) is 1.67. The Labute approximate surface area is 104 Å². The van der Waals surface area contributed by atoms with Gasteiger partial charge in [0.25, 0.3) is 0 Å². The minimum atomic E-state index is 0.0532. The minimum absolute atomic E-state index is 0.0532. The fourth-order valence-corrected chi connectivity index (χ4v) is 1.79. The molecule has 0 fully saturated rings. The first kappa shape index (κ1) is 14.2. The smallest absolute Gasteiger partial charge is 0.0700 e. The zero-order chi connectivity index (χ0) is 12.7. The van der Waals surface area contributed by atoms with Crippen molar-refractivity contribution in [1.29, 1.82) is 0 Å². The molecular formula is C14H23NO2. The molecule has 3 heteroatoms. The van der Waals surface area contributed by atoms with E-state index in [1.807, 2.05) is 0 Å². The summed E-state index contributed by atoms with van der Waals surface area (Å²) in [4.78, 5) is 0. The zero-order valence-electron chi connectivity index (χ0n) is 11.0. The third-order valence-electron chi connectivity index (χ3n) is 3.05. The van der Waals surface area contributed by atoms with Crippen molar-refractivity contribution in [3.63, 3.8) is 0 Å². The van der Waals surface area contributed by atoms with E-state index in [0.717, 1.165) is 6.42 Å². The van der Waals surface area contributed by atoms with Gasteiger partial charge in [0, 0.05) is 19.8 Å². The summed E-state index contributed by atoms with van der Waals surface area (Å²) in [5.41, 5.74) is 9.97. The lowest BCUT2D eigenvalue weighted by atomic mass is 9.96. The minimum Gasteiger partial charge on any atom is -0.382 e. The molecule has 0 aromatic heterocycles. The van der Waals surface area contributed by atoms with E-state index >= 15 is 0 Å². The Bertz CT molecular complexity index is 339. The van der Waals surface area contributed by atoms with Gasteiger partial charge in [-0.25, -0.2) is 0 Å². The molecule has 0 aliphatic heterocycles. The molecule has 2 N–H and O–H groups in total. The highest BCUT2D eigenvalue weighted by Crippen LogP contribution is 2.20. The summed E-state index contributed by atoms with van der Waals surface area (Å²) in [6.07, 6.45) is 0.841. The van der Waals surface area contributed by atoms with Gasteiger partial charge in [-0.2, -0.15) is 0 Å². The van der Waals surface area contributed by atoms with Crippen LogP contribution >= 0.6 is 0 Å². The molecule has 0 amide bonds. The summed E-state index contributed by atoms with van der Waals surface area (Å²) in [5.74, 6) is 0. The van der Waals surface area contributed by atoms with Gasteiger partial charge in [0.2, 0.25) is 0 Å². The molecule has 0 aliphatic carbocycles. The second kappa shape index (κ2) is 7.43. The number of methoxy groups -OCH3 is 1. The molecule has 0 spiro atoms. The molecule has 1 atom stereocenters. The van der Waals surface area contributed by atoms with Gasteiger partial charge in [0.05, 0.1) is 13.2 Å². The van der Waals surface area contributed by atoms with Crippen molar-refractivity contribution in [2.45, 2.75) is 26.3 Å². The summed E-state index contributed by atoms with van der Waals surface area (Å²) in [5, 5.41) is 0. The van der Waals surface area contributed by atoms with E-state index in [0.29, 0.717) is 19.8 Å². The Morgan fingerprint density at radius 2 is 1.94 bits per heavy atom. The standard InChI is InChI=1S/C14H23NO2/c1-11-5-4-6-13(12(11)2)14(15)7-8-17-10-9-16-3/h4-6,14H,7-10,15H2,1-3H3. The average Bonchev–Trinajstić information content (AvgIpc) is 2.32. The molecule has 0 saturated heterocycles. The van der Waals surface area contributed by atoms with Crippen LogP contribution in [0.2, 0.25) is 0 Å². The van der Waals surface area contributed by atoms with E-state index < -0.39 is 0 Å². The van der Waals surface area contributed by atoms with E-state index in [2.05, 4.69) is 32.0 Å². The predicted molar refractivity (Wildman–Crippen MR) is 70.2 cm³/mol. The highest BCUT2D eigenvalue weighted by molar-refractivity contribution is 5.35. The van der Waals surface area contributed by atoms with Crippen molar-refractivity contribution >= 4 is 0 Å². The van der Waals surface area contributed by atoms with Crippen LogP contribution in [0, 0.1) is 13.8 Å². The lowest BCUT2D eigenvalue weighted by Gasteiger charge is -2.16. The van der Waals surface area contributed by atoms with E-state index in [1.54, 1.807) is 7.11 Å². The van der Waals surface area contributed by atoms with Gasteiger partial charge in [-0.05, 0) is 37.0 Å². The van der Waals surface area contributed by atoms with E-state index in [-0.39, 0.29) is 6.04 Å². The molecule has 0 heterocycles. The molecule has 1 rings (SSSR count). The lowest BCUT2D eigenvalue weighted by Crippen LogP contribution is -2.15. The Hall–Kier alpha value is -0.900. The molecule has 1 unspecified atom stereocenters. The van der Waals surface area contributed by atoms with Crippen LogP contribution in [-0.4, -0.2) is 26.9 Å². The van der Waals surface area contributed by atoms with Gasteiger partial charge < -0.3 is 15.2 Å². The molecule has 1 aromatic rings. The van der Waals surface area contributed by atoms with Crippen LogP contribution in [0.5, 0.6) is 0 Å². The molecule has 3 nitrogen and oxygen atoms in total. The molecule has 0 radical (unpaired) electrons. The summed E-state index contributed by atoms with van der Waals surface area (Å²) >= 11 is 0. The van der Waals surface area contributed by atoms with E-state index in [9.17, 15) is 0 Å². The monoisotopic (exact) mass is 237 g/mol. The van der Waals surface area contributed by atoms with E-state index in [1.165, 1.54) is 16.7 Å². The SMILES string of the molecule is COCCOCCC(N)c1cccc(C)c1C. The molecule has 17 heavy (non-hydrogen) atoms. The topological polar surface area (TPSA) is 44.5 Å². The molecule has 0 bridgehead atoms. The van der Waals surface area contributed by atoms with Crippen LogP contribution in [0.1, 0.15) is 29.2 Å². The summed E-state index contributed by atoms with van der Waals surface area (Å²) in [6, 6.07) is 6.32. The Balaban J connectivity index is 2.41. The fourth-order valence-electron chi connectivity index (χ4n) is 1.79. The predicted octanol–water partition coefficient (Wildman–Crippen LogP) is 2.36. The highest BCUT2D eigenvalue weighted by Gasteiger charge is 2.09. The van der Waals surface area contributed by atoms with E-state index in [4.69, 9.17) is 15.2 Å². The first-order valence-corrected chi connectivity index (χ1v) is 6.05. The Morgan fingerprint density at radius 1 is 1.18 bits per heavy atom. The van der Waals surface area contributed by atoms with Gasteiger partial charge in [-0.3, -0.25) is 0 Å². The van der Waals surface area contributed by atoms with Crippen molar-refractivity contribution in [1.82, 2.24) is 0 Å². The average molecular weight is 237 g/mol. The molecular weight excluding hydrogens is 214 g/mol. The summed E-state index contributed by atoms with van der Waals surface area (Å²) < 4.78 is 10.3. The van der Waals surface area contributed by atoms with Crippen molar-refractivity contribution in [3.05, 3.63) is 34.9 Å². The normalized spacial score (nSPS) is 12.7. The summed E-state index contributed by atoms with van der Waals surface area (Å²) in [6.45, 7) is 6.18. The fraction of sp³-hybridized carbons (Fsp3) is 0.571. The van der Waals surface area contributed by atoms with Crippen molar-refractivity contribution in [2.24, 2.45) is 5.73 Å². The second-order valence-corrected chi connectivity index (χ2v) is 4.29. The van der Waals surface area contributed by atoms with Gasteiger partial charge in [-0.15, -0.1) is 0 Å². The number of rotatable bonds is 7. The van der Waals surface area contributed by atoms with Crippen molar-refractivity contribution < 1.29 is 9.47 Å². The molecule has 0 aliphatic rings. The third-order valence-corrected chi connectivity index (χ3v) is 3.05. The van der Waals surface area contributed by atoms with Gasteiger partial charge >= 0.3 is 0 Å². The maximum Gasteiger partial charge on any atom is 0.0700 e. The largest absolute Gasteiger partial charge is 0.382 e. The van der Waals surface area contributed by atoms with Crippen LogP contribution < -0.4 is 5.73 Å². The lowest BCUT2D eigenvalue weighted by molar-refractivity contribution is 0.0672. The first-order valence-electron chi connectivity index (χ1n) is 6.05. The maximum absolute atomic E-state index is 6.17. The zero-order valence-corrected chi connectivity index (χ0v) is 11.0. The first-order chi connectivity index (χ1) is 8.16. The molecule has 0 saturated carbocycles. The van der Waals surface area contributed by atoms with Gasteiger partial charge in [0.1, 0.15) is 0 Å². The van der Waals surface area contributed by atoms with Crippen LogP contribution in [-0.2, 0) is 9.47 Å². The van der Waals surface area contributed by atoms with Gasteiger partial charge in [0.15, 0.2) is 0 Å². The Kier molecular flexibility index (Phi) is 6.19. The van der Waals surface area contributed by atoms with Crippen LogP contribution in [0.15, 0.2) is 18.2 Å². The van der Waals surface area contributed by atoms with Gasteiger partial charge in [-0.1, -0.05) is 18.2 Å². The Morgan fingerprint density at radius 3 is 2.65 bits per heavy atom. The maximum atomic E-state index is 6.17.